The average molecular weight is 238 g/mol. The molecule has 0 saturated carbocycles. The van der Waals surface area contributed by atoms with Gasteiger partial charge in [0.2, 0.25) is 0 Å². The van der Waals surface area contributed by atoms with Crippen molar-refractivity contribution < 1.29 is 9.47 Å². The van der Waals surface area contributed by atoms with Gasteiger partial charge in [-0.3, -0.25) is 0 Å². The predicted molar refractivity (Wildman–Crippen MR) is 70.7 cm³/mol. The maximum Gasteiger partial charge on any atom is 0.145 e. The molecular formula is C13H22N2O2. The van der Waals surface area contributed by atoms with E-state index in [1.54, 1.807) is 0 Å². The lowest BCUT2D eigenvalue weighted by atomic mass is 10.3. The molecule has 0 unspecified atom stereocenters. The van der Waals surface area contributed by atoms with Gasteiger partial charge in [-0.2, -0.15) is 0 Å². The summed E-state index contributed by atoms with van der Waals surface area (Å²) in [4.78, 5) is 2.08. The Morgan fingerprint density at radius 1 is 1.18 bits per heavy atom. The second kappa shape index (κ2) is 7.01. The van der Waals surface area contributed by atoms with Gasteiger partial charge in [-0.15, -0.1) is 0 Å². The van der Waals surface area contributed by atoms with E-state index in [-0.39, 0.29) is 0 Å². The zero-order chi connectivity index (χ0) is 12.7. The van der Waals surface area contributed by atoms with E-state index in [2.05, 4.69) is 11.8 Å². The Hall–Kier alpha value is -1.42. The highest BCUT2D eigenvalue weighted by molar-refractivity contribution is 5.55. The molecule has 0 aromatic heterocycles. The van der Waals surface area contributed by atoms with Crippen LogP contribution in [0.15, 0.2) is 18.2 Å². The molecule has 1 aromatic rings. The molecule has 0 bridgehead atoms. The molecule has 2 N–H and O–H groups in total. The van der Waals surface area contributed by atoms with Crippen molar-refractivity contribution in [1.82, 2.24) is 4.90 Å². The van der Waals surface area contributed by atoms with Crippen LogP contribution in [0.2, 0.25) is 0 Å². The minimum absolute atomic E-state index is 0.651. The molecule has 4 heteroatoms. The van der Waals surface area contributed by atoms with Crippen molar-refractivity contribution in [2.75, 3.05) is 39.6 Å². The molecule has 0 heterocycles. The Kier molecular flexibility index (Phi) is 5.63. The lowest BCUT2D eigenvalue weighted by molar-refractivity contribution is 0.259. The Balaban J connectivity index is 2.55. The summed E-state index contributed by atoms with van der Waals surface area (Å²) in [6.45, 7) is 4.28. The quantitative estimate of drug-likeness (QED) is 0.738. The summed E-state index contributed by atoms with van der Waals surface area (Å²) >= 11 is 0. The molecule has 1 rings (SSSR count). The van der Waals surface area contributed by atoms with Crippen molar-refractivity contribution in [1.29, 1.82) is 0 Å². The fraction of sp³-hybridized carbons (Fsp3) is 0.538. The summed E-state index contributed by atoms with van der Waals surface area (Å²) in [6, 6.07) is 5.53. The smallest absolute Gasteiger partial charge is 0.145 e. The van der Waals surface area contributed by atoms with Crippen LogP contribution in [0.3, 0.4) is 0 Å². The van der Waals surface area contributed by atoms with Gasteiger partial charge < -0.3 is 20.1 Å². The van der Waals surface area contributed by atoms with Crippen molar-refractivity contribution in [3.63, 3.8) is 0 Å². The van der Waals surface area contributed by atoms with E-state index in [1.807, 2.05) is 32.3 Å². The predicted octanol–water partition coefficient (Wildman–Crippen LogP) is 2.00. The van der Waals surface area contributed by atoms with Crippen LogP contribution < -0.4 is 15.2 Å². The highest BCUT2D eigenvalue weighted by Gasteiger charge is 2.03. The molecule has 0 amide bonds. The maximum atomic E-state index is 5.82. The molecule has 0 radical (unpaired) electrons. The summed E-state index contributed by atoms with van der Waals surface area (Å²) in [7, 11) is 4.03. The van der Waals surface area contributed by atoms with E-state index in [4.69, 9.17) is 15.2 Å². The molecule has 4 nitrogen and oxygen atoms in total. The zero-order valence-electron chi connectivity index (χ0n) is 10.9. The molecule has 0 fully saturated rings. The molecule has 0 spiro atoms. The number of hydrogen-bond acceptors (Lipinski definition) is 4. The third-order valence-corrected chi connectivity index (χ3v) is 2.25. The average Bonchev–Trinajstić information content (AvgIpc) is 2.29. The van der Waals surface area contributed by atoms with Crippen LogP contribution in [0.1, 0.15) is 13.3 Å². The summed E-state index contributed by atoms with van der Waals surface area (Å²) in [5.74, 6) is 1.50. The summed E-state index contributed by atoms with van der Waals surface area (Å²) in [5, 5.41) is 0. The van der Waals surface area contributed by atoms with Crippen molar-refractivity contribution in [3.8, 4) is 11.5 Å². The van der Waals surface area contributed by atoms with Crippen molar-refractivity contribution in [2.24, 2.45) is 0 Å². The Morgan fingerprint density at radius 3 is 2.59 bits per heavy atom. The van der Waals surface area contributed by atoms with Crippen molar-refractivity contribution >= 4 is 5.69 Å². The first kappa shape index (κ1) is 13.6. The van der Waals surface area contributed by atoms with Crippen molar-refractivity contribution in [3.05, 3.63) is 18.2 Å². The lowest BCUT2D eigenvalue weighted by Crippen LogP contribution is -2.19. The topological polar surface area (TPSA) is 47.7 Å². The normalized spacial score (nSPS) is 10.6. The molecule has 0 saturated heterocycles. The monoisotopic (exact) mass is 238 g/mol. The summed E-state index contributed by atoms with van der Waals surface area (Å²) in [5.41, 5.74) is 6.47. The number of likely N-dealkylation sites (N-methyl/N-ethyl adjacent to an activating group) is 1. The lowest BCUT2D eigenvalue weighted by Gasteiger charge is -2.13. The Morgan fingerprint density at radius 2 is 1.94 bits per heavy atom. The molecule has 17 heavy (non-hydrogen) atoms. The second-order valence-electron chi connectivity index (χ2n) is 4.20. The van der Waals surface area contributed by atoms with Crippen LogP contribution >= 0.6 is 0 Å². The van der Waals surface area contributed by atoms with Crippen molar-refractivity contribution in [2.45, 2.75) is 13.3 Å². The van der Waals surface area contributed by atoms with Crippen LogP contribution in [-0.2, 0) is 0 Å². The summed E-state index contributed by atoms with van der Waals surface area (Å²) < 4.78 is 11.2. The molecule has 0 atom stereocenters. The number of nitrogens with zero attached hydrogens (tertiary/aromatic N) is 1. The Bertz CT molecular complexity index is 340. The van der Waals surface area contributed by atoms with E-state index in [1.165, 1.54) is 0 Å². The highest BCUT2D eigenvalue weighted by Crippen LogP contribution is 2.26. The van der Waals surface area contributed by atoms with Gasteiger partial charge in [0.1, 0.15) is 18.1 Å². The van der Waals surface area contributed by atoms with Gasteiger partial charge >= 0.3 is 0 Å². The van der Waals surface area contributed by atoms with Gasteiger partial charge in [0.15, 0.2) is 0 Å². The fourth-order valence-electron chi connectivity index (χ4n) is 1.29. The summed E-state index contributed by atoms with van der Waals surface area (Å²) in [6.07, 6.45) is 0.963. The first-order valence-corrected chi connectivity index (χ1v) is 5.93. The number of anilines is 1. The molecule has 1 aromatic carbocycles. The van der Waals surface area contributed by atoms with Crippen LogP contribution in [0.4, 0.5) is 5.69 Å². The number of nitrogen functional groups attached to an aromatic ring is 1. The number of nitrogens with two attached hydrogens (primary N) is 1. The fourth-order valence-corrected chi connectivity index (χ4v) is 1.29. The van der Waals surface area contributed by atoms with Crippen LogP contribution in [0, 0.1) is 0 Å². The van der Waals surface area contributed by atoms with Gasteiger partial charge in [0, 0.05) is 12.6 Å². The standard InChI is InChI=1S/C13H22N2O2/c1-4-8-17-13-10-11(5-6-12(13)14)16-9-7-15(2)3/h5-6,10H,4,7-9,14H2,1-3H3. The van der Waals surface area contributed by atoms with E-state index in [0.717, 1.165) is 18.7 Å². The minimum atomic E-state index is 0.651. The van der Waals surface area contributed by atoms with Gasteiger partial charge in [0.25, 0.3) is 0 Å². The number of benzene rings is 1. The molecule has 0 aliphatic rings. The largest absolute Gasteiger partial charge is 0.492 e. The first-order chi connectivity index (χ1) is 8.13. The number of rotatable bonds is 7. The molecular weight excluding hydrogens is 216 g/mol. The van der Waals surface area contributed by atoms with E-state index < -0.39 is 0 Å². The molecule has 96 valence electrons. The van der Waals surface area contributed by atoms with Crippen LogP contribution in [-0.4, -0.2) is 38.8 Å². The van der Waals surface area contributed by atoms with Gasteiger partial charge in [0.05, 0.1) is 12.3 Å². The third kappa shape index (κ3) is 4.95. The second-order valence-corrected chi connectivity index (χ2v) is 4.20. The zero-order valence-corrected chi connectivity index (χ0v) is 10.9. The SMILES string of the molecule is CCCOc1cc(OCCN(C)C)ccc1N. The highest BCUT2D eigenvalue weighted by atomic mass is 16.5. The minimum Gasteiger partial charge on any atom is -0.492 e. The Labute approximate surface area is 103 Å². The van der Waals surface area contributed by atoms with E-state index in [9.17, 15) is 0 Å². The van der Waals surface area contributed by atoms with Gasteiger partial charge in [-0.05, 0) is 32.6 Å². The first-order valence-electron chi connectivity index (χ1n) is 5.93. The number of hydrogen-bond donors (Lipinski definition) is 1. The molecule has 0 aliphatic heterocycles. The van der Waals surface area contributed by atoms with Crippen LogP contribution in [0.25, 0.3) is 0 Å². The van der Waals surface area contributed by atoms with Gasteiger partial charge in [-0.1, -0.05) is 6.92 Å². The van der Waals surface area contributed by atoms with E-state index in [0.29, 0.717) is 24.7 Å². The van der Waals surface area contributed by atoms with E-state index >= 15 is 0 Å². The third-order valence-electron chi connectivity index (χ3n) is 2.25. The molecule has 0 aliphatic carbocycles. The van der Waals surface area contributed by atoms with Crippen LogP contribution in [0.5, 0.6) is 11.5 Å². The maximum absolute atomic E-state index is 5.82. The van der Waals surface area contributed by atoms with Gasteiger partial charge in [-0.25, -0.2) is 0 Å². The number of ether oxygens (including phenoxy) is 2.